The van der Waals surface area contributed by atoms with Gasteiger partial charge in [-0.25, -0.2) is 0 Å². The predicted molar refractivity (Wildman–Crippen MR) is 75.5 cm³/mol. The lowest BCUT2D eigenvalue weighted by molar-refractivity contribution is 0.426. The maximum atomic E-state index is 6.13. The fourth-order valence-electron chi connectivity index (χ4n) is 2.68. The van der Waals surface area contributed by atoms with Gasteiger partial charge in [0.25, 0.3) is 0 Å². The molecule has 3 heteroatoms. The molecule has 2 aromatic rings. The molecule has 1 aromatic carbocycles. The van der Waals surface area contributed by atoms with E-state index in [1.54, 1.807) is 0 Å². The van der Waals surface area contributed by atoms with E-state index in [9.17, 15) is 0 Å². The lowest BCUT2D eigenvalue weighted by Crippen LogP contribution is -2.29. The minimum atomic E-state index is 0.0745. The van der Waals surface area contributed by atoms with Crippen molar-refractivity contribution in [3.63, 3.8) is 0 Å². The van der Waals surface area contributed by atoms with Crippen molar-refractivity contribution in [3.05, 3.63) is 35.7 Å². The highest BCUT2D eigenvalue weighted by Crippen LogP contribution is 2.31. The molecule has 2 N–H and O–H groups in total. The van der Waals surface area contributed by atoms with Gasteiger partial charge in [-0.3, -0.25) is 0 Å². The van der Waals surface area contributed by atoms with Crippen LogP contribution in [-0.4, -0.2) is 16.2 Å². The van der Waals surface area contributed by atoms with E-state index in [0.29, 0.717) is 5.92 Å². The highest BCUT2D eigenvalue weighted by atomic mass is 15.1. The summed E-state index contributed by atoms with van der Waals surface area (Å²) in [4.78, 5) is 0. The van der Waals surface area contributed by atoms with Gasteiger partial charge in [0.05, 0.1) is 11.4 Å². The van der Waals surface area contributed by atoms with Crippen LogP contribution in [0.25, 0.3) is 10.8 Å². The van der Waals surface area contributed by atoms with Crippen LogP contribution < -0.4 is 5.73 Å². The van der Waals surface area contributed by atoms with Crippen molar-refractivity contribution in [1.29, 1.82) is 0 Å². The molecule has 0 aliphatic heterocycles. The second-order valence-electron chi connectivity index (χ2n) is 5.35. The molecule has 0 spiro atoms. The van der Waals surface area contributed by atoms with E-state index in [1.807, 2.05) is 26.0 Å². The Morgan fingerprint density at radius 1 is 1.00 bits per heavy atom. The van der Waals surface area contributed by atoms with Gasteiger partial charge in [0.1, 0.15) is 0 Å². The van der Waals surface area contributed by atoms with Gasteiger partial charge in [0.2, 0.25) is 0 Å². The summed E-state index contributed by atoms with van der Waals surface area (Å²) in [6.45, 7) is 8.41. The summed E-state index contributed by atoms with van der Waals surface area (Å²) in [6.07, 6.45) is 0. The molecule has 0 saturated carbocycles. The first-order chi connectivity index (χ1) is 8.52. The number of benzene rings is 1. The van der Waals surface area contributed by atoms with Gasteiger partial charge in [0.15, 0.2) is 0 Å². The first kappa shape index (κ1) is 13.0. The molecule has 2 atom stereocenters. The maximum Gasteiger partial charge on any atom is 0.0758 e. The lowest BCUT2D eigenvalue weighted by atomic mass is 9.84. The molecule has 1 aromatic heterocycles. The summed E-state index contributed by atoms with van der Waals surface area (Å²) >= 11 is 0. The Morgan fingerprint density at radius 2 is 1.61 bits per heavy atom. The third-order valence-corrected chi connectivity index (χ3v) is 3.50. The molecule has 0 fully saturated rings. The molecular weight excluding hydrogens is 222 g/mol. The number of nitrogens with zero attached hydrogens (tertiary/aromatic N) is 2. The smallest absolute Gasteiger partial charge is 0.0758 e. The minimum absolute atomic E-state index is 0.0745. The third-order valence-electron chi connectivity index (χ3n) is 3.50. The molecule has 96 valence electrons. The van der Waals surface area contributed by atoms with Crippen LogP contribution in [0, 0.1) is 12.8 Å². The Morgan fingerprint density at radius 3 is 2.17 bits per heavy atom. The van der Waals surface area contributed by atoms with E-state index in [0.717, 1.165) is 11.4 Å². The second kappa shape index (κ2) is 5.02. The monoisotopic (exact) mass is 243 g/mol. The molecule has 0 radical (unpaired) electrons. The van der Waals surface area contributed by atoms with Crippen LogP contribution in [0.3, 0.4) is 0 Å². The summed E-state index contributed by atoms with van der Waals surface area (Å²) in [5, 5.41) is 11.1. The summed E-state index contributed by atoms with van der Waals surface area (Å²) < 4.78 is 0. The first-order valence-electron chi connectivity index (χ1n) is 6.50. The van der Waals surface area contributed by atoms with Crippen molar-refractivity contribution in [1.82, 2.24) is 10.2 Å². The van der Waals surface area contributed by atoms with Gasteiger partial charge in [-0.05, 0) is 19.8 Å². The Bertz CT molecular complexity index is 538. The Kier molecular flexibility index (Phi) is 3.62. The fourth-order valence-corrected chi connectivity index (χ4v) is 2.68. The molecule has 3 nitrogen and oxygen atoms in total. The van der Waals surface area contributed by atoms with E-state index >= 15 is 0 Å². The average molecular weight is 243 g/mol. The van der Waals surface area contributed by atoms with Crippen LogP contribution in [0.1, 0.15) is 38.1 Å². The Labute approximate surface area is 108 Å². The molecule has 0 amide bonds. The zero-order chi connectivity index (χ0) is 13.3. The number of hydrogen-bond acceptors (Lipinski definition) is 3. The molecule has 18 heavy (non-hydrogen) atoms. The molecule has 0 aliphatic carbocycles. The van der Waals surface area contributed by atoms with Crippen LogP contribution in [0.15, 0.2) is 24.3 Å². The molecule has 2 rings (SSSR count). The summed E-state index contributed by atoms with van der Waals surface area (Å²) in [5.74, 6) is 0.688. The molecule has 1 heterocycles. The average Bonchev–Trinajstić information content (AvgIpc) is 2.32. The van der Waals surface area contributed by atoms with Crippen molar-refractivity contribution in [3.8, 4) is 0 Å². The normalized spacial score (nSPS) is 15.0. The molecule has 0 saturated heterocycles. The quantitative estimate of drug-likeness (QED) is 0.901. The van der Waals surface area contributed by atoms with Crippen LogP contribution in [0.5, 0.6) is 0 Å². The Balaban J connectivity index is 2.67. The van der Waals surface area contributed by atoms with Gasteiger partial charge in [0, 0.05) is 22.7 Å². The standard InChI is InChI=1S/C15H21N3/c1-9(2)14(10(3)16)15-13-8-6-5-7-12(13)11(4)17-18-15/h5-10,14H,16H2,1-4H3. The topological polar surface area (TPSA) is 51.8 Å². The molecule has 0 bridgehead atoms. The number of rotatable bonds is 3. The zero-order valence-electron chi connectivity index (χ0n) is 11.5. The van der Waals surface area contributed by atoms with Gasteiger partial charge >= 0.3 is 0 Å². The van der Waals surface area contributed by atoms with E-state index < -0.39 is 0 Å². The summed E-state index contributed by atoms with van der Waals surface area (Å²) in [6, 6.07) is 8.37. The highest BCUT2D eigenvalue weighted by molar-refractivity contribution is 5.86. The summed E-state index contributed by atoms with van der Waals surface area (Å²) in [5.41, 5.74) is 8.13. The van der Waals surface area contributed by atoms with Crippen LogP contribution >= 0.6 is 0 Å². The van der Waals surface area contributed by atoms with Crippen molar-refractivity contribution >= 4 is 10.8 Å². The van der Waals surface area contributed by atoms with Crippen molar-refractivity contribution in [2.75, 3.05) is 0 Å². The van der Waals surface area contributed by atoms with Crippen LogP contribution in [0.2, 0.25) is 0 Å². The van der Waals surface area contributed by atoms with Crippen molar-refractivity contribution < 1.29 is 0 Å². The molecule has 0 aliphatic rings. The number of aromatic nitrogens is 2. The van der Waals surface area contributed by atoms with E-state index in [2.05, 4.69) is 36.2 Å². The van der Waals surface area contributed by atoms with Gasteiger partial charge in [-0.15, -0.1) is 0 Å². The largest absolute Gasteiger partial charge is 0.327 e. The fraction of sp³-hybridized carbons (Fsp3) is 0.467. The second-order valence-corrected chi connectivity index (χ2v) is 5.35. The SMILES string of the molecule is Cc1nnc(C(C(C)C)C(C)N)c2ccccc12. The Hall–Kier alpha value is -1.48. The van der Waals surface area contributed by atoms with Crippen molar-refractivity contribution in [2.24, 2.45) is 11.7 Å². The maximum absolute atomic E-state index is 6.13. The van der Waals surface area contributed by atoms with Crippen LogP contribution in [0.4, 0.5) is 0 Å². The molecular formula is C15H21N3. The zero-order valence-corrected chi connectivity index (χ0v) is 11.5. The van der Waals surface area contributed by atoms with Gasteiger partial charge in [-0.1, -0.05) is 38.1 Å². The van der Waals surface area contributed by atoms with E-state index in [4.69, 9.17) is 5.73 Å². The van der Waals surface area contributed by atoms with Gasteiger partial charge < -0.3 is 5.73 Å². The van der Waals surface area contributed by atoms with E-state index in [-0.39, 0.29) is 12.0 Å². The number of fused-ring (bicyclic) bond motifs is 1. The number of nitrogens with two attached hydrogens (primary N) is 1. The minimum Gasteiger partial charge on any atom is -0.327 e. The van der Waals surface area contributed by atoms with E-state index in [1.165, 1.54) is 10.8 Å². The third kappa shape index (κ3) is 2.23. The van der Waals surface area contributed by atoms with Crippen molar-refractivity contribution in [2.45, 2.75) is 39.7 Å². The number of aryl methyl sites for hydroxylation is 1. The highest BCUT2D eigenvalue weighted by Gasteiger charge is 2.24. The predicted octanol–water partition coefficient (Wildman–Crippen LogP) is 3.03. The van der Waals surface area contributed by atoms with Gasteiger partial charge in [-0.2, -0.15) is 10.2 Å². The first-order valence-corrected chi connectivity index (χ1v) is 6.50. The molecule has 2 unspecified atom stereocenters. The lowest BCUT2D eigenvalue weighted by Gasteiger charge is -2.25. The number of hydrogen-bond donors (Lipinski definition) is 1. The summed E-state index contributed by atoms with van der Waals surface area (Å²) in [7, 11) is 0. The van der Waals surface area contributed by atoms with Crippen LogP contribution in [-0.2, 0) is 0 Å².